The van der Waals surface area contributed by atoms with Gasteiger partial charge in [-0.25, -0.2) is 0 Å². The predicted molar refractivity (Wildman–Crippen MR) is 73.9 cm³/mol. The van der Waals surface area contributed by atoms with Crippen LogP contribution in [0.5, 0.6) is 0 Å². The zero-order chi connectivity index (χ0) is 12.6. The number of carbonyl (C=O) groups is 1. The number of rotatable bonds is 2. The van der Waals surface area contributed by atoms with Crippen molar-refractivity contribution in [1.82, 2.24) is 0 Å². The standard InChI is InChI=1S/C14H19ClOS/c1-9-4-5-10(11(16)8-9)14(2,3)12-6-7-13(15)17-12/h6-7,9-10H,4-5,8H2,1-3H3. The van der Waals surface area contributed by atoms with Gasteiger partial charge in [-0.05, 0) is 30.9 Å². The normalized spacial score (nSPS) is 26.2. The Morgan fingerprint density at radius 1 is 1.35 bits per heavy atom. The fourth-order valence-corrected chi connectivity index (χ4v) is 4.00. The second-order valence-electron chi connectivity index (χ2n) is 5.73. The molecule has 1 aromatic heterocycles. The van der Waals surface area contributed by atoms with Crippen molar-refractivity contribution in [3.63, 3.8) is 0 Å². The van der Waals surface area contributed by atoms with Crippen molar-refractivity contribution < 1.29 is 4.79 Å². The van der Waals surface area contributed by atoms with Crippen molar-refractivity contribution in [3.05, 3.63) is 21.3 Å². The molecule has 0 aliphatic heterocycles. The molecular formula is C14H19ClOS. The van der Waals surface area contributed by atoms with Crippen LogP contribution in [0.2, 0.25) is 4.34 Å². The second kappa shape index (κ2) is 4.74. The van der Waals surface area contributed by atoms with Gasteiger partial charge in [0.05, 0.1) is 4.34 Å². The minimum atomic E-state index is -0.0744. The van der Waals surface area contributed by atoms with Crippen LogP contribution in [0.3, 0.4) is 0 Å². The third kappa shape index (κ3) is 2.58. The van der Waals surface area contributed by atoms with Gasteiger partial charge < -0.3 is 0 Å². The molecule has 0 spiro atoms. The summed E-state index contributed by atoms with van der Waals surface area (Å²) in [5, 5.41) is 0. The lowest BCUT2D eigenvalue weighted by molar-refractivity contribution is -0.127. The van der Waals surface area contributed by atoms with E-state index in [-0.39, 0.29) is 11.3 Å². The summed E-state index contributed by atoms with van der Waals surface area (Å²) >= 11 is 7.60. The topological polar surface area (TPSA) is 17.1 Å². The van der Waals surface area contributed by atoms with Crippen LogP contribution in [0.4, 0.5) is 0 Å². The van der Waals surface area contributed by atoms with Gasteiger partial charge in [0.2, 0.25) is 0 Å². The molecule has 2 rings (SSSR count). The molecule has 1 aromatic rings. The second-order valence-corrected chi connectivity index (χ2v) is 7.45. The lowest BCUT2D eigenvalue weighted by Gasteiger charge is -2.36. The van der Waals surface area contributed by atoms with E-state index in [9.17, 15) is 4.79 Å². The molecule has 0 aromatic carbocycles. The van der Waals surface area contributed by atoms with Gasteiger partial charge in [0.25, 0.3) is 0 Å². The maximum absolute atomic E-state index is 12.2. The minimum Gasteiger partial charge on any atom is -0.299 e. The molecule has 3 heteroatoms. The highest BCUT2D eigenvalue weighted by atomic mass is 35.5. The highest BCUT2D eigenvalue weighted by Gasteiger charge is 2.39. The summed E-state index contributed by atoms with van der Waals surface area (Å²) in [6, 6.07) is 4.00. The van der Waals surface area contributed by atoms with Crippen molar-refractivity contribution in [1.29, 1.82) is 0 Å². The van der Waals surface area contributed by atoms with Gasteiger partial charge in [0.15, 0.2) is 0 Å². The van der Waals surface area contributed by atoms with Crippen molar-refractivity contribution in [3.8, 4) is 0 Å². The molecule has 2 atom stereocenters. The van der Waals surface area contributed by atoms with Crippen LogP contribution >= 0.6 is 22.9 Å². The van der Waals surface area contributed by atoms with Crippen molar-refractivity contribution in [2.24, 2.45) is 11.8 Å². The van der Waals surface area contributed by atoms with E-state index in [1.165, 1.54) is 11.3 Å². The van der Waals surface area contributed by atoms with E-state index in [4.69, 9.17) is 11.6 Å². The number of thiophene rings is 1. The molecule has 1 fully saturated rings. The summed E-state index contributed by atoms with van der Waals surface area (Å²) < 4.78 is 0.810. The largest absolute Gasteiger partial charge is 0.299 e. The number of halogens is 1. The first-order valence-corrected chi connectivity index (χ1v) is 7.39. The highest BCUT2D eigenvalue weighted by molar-refractivity contribution is 7.16. The quantitative estimate of drug-likeness (QED) is 0.762. The molecule has 0 N–H and O–H groups in total. The molecule has 1 saturated carbocycles. The Hall–Kier alpha value is -0.340. The van der Waals surface area contributed by atoms with Crippen LogP contribution in [0.1, 0.15) is 44.9 Å². The summed E-state index contributed by atoms with van der Waals surface area (Å²) in [5.41, 5.74) is -0.0744. The number of hydrogen-bond acceptors (Lipinski definition) is 2. The van der Waals surface area contributed by atoms with Gasteiger partial charge in [0, 0.05) is 22.6 Å². The molecule has 1 nitrogen and oxygen atoms in total. The van der Waals surface area contributed by atoms with Crippen LogP contribution in [-0.4, -0.2) is 5.78 Å². The number of carbonyl (C=O) groups excluding carboxylic acids is 1. The van der Waals surface area contributed by atoms with Crippen LogP contribution in [0.25, 0.3) is 0 Å². The minimum absolute atomic E-state index is 0.0744. The number of Topliss-reactive ketones (excluding diaryl/α,β-unsaturated/α-hetero) is 1. The molecule has 1 heterocycles. The van der Waals surface area contributed by atoms with E-state index in [2.05, 4.69) is 26.8 Å². The first-order chi connectivity index (χ1) is 7.91. The fraction of sp³-hybridized carbons (Fsp3) is 0.643. The molecule has 2 unspecified atom stereocenters. The molecule has 17 heavy (non-hydrogen) atoms. The van der Waals surface area contributed by atoms with Crippen molar-refractivity contribution in [2.45, 2.75) is 45.4 Å². The summed E-state index contributed by atoms with van der Waals surface area (Å²) in [5.74, 6) is 1.15. The first kappa shape index (κ1) is 13.1. The van der Waals surface area contributed by atoms with E-state index in [0.717, 1.165) is 17.2 Å². The molecular weight excluding hydrogens is 252 g/mol. The van der Waals surface area contributed by atoms with E-state index in [1.807, 2.05) is 6.07 Å². The third-order valence-corrected chi connectivity index (χ3v) is 5.54. The molecule has 0 amide bonds. The van der Waals surface area contributed by atoms with E-state index < -0.39 is 0 Å². The first-order valence-electron chi connectivity index (χ1n) is 6.20. The van der Waals surface area contributed by atoms with Crippen LogP contribution in [0, 0.1) is 11.8 Å². The lowest BCUT2D eigenvalue weighted by Crippen LogP contribution is -2.37. The average Bonchev–Trinajstić information content (AvgIpc) is 2.64. The molecule has 0 radical (unpaired) electrons. The SMILES string of the molecule is CC1CCC(C(C)(C)c2ccc(Cl)s2)C(=O)C1. The molecule has 0 saturated heterocycles. The third-order valence-electron chi connectivity index (χ3n) is 3.97. The number of ketones is 1. The van der Waals surface area contributed by atoms with E-state index >= 15 is 0 Å². The molecule has 1 aliphatic rings. The number of hydrogen-bond donors (Lipinski definition) is 0. The lowest BCUT2D eigenvalue weighted by atomic mass is 9.67. The molecule has 1 aliphatic carbocycles. The van der Waals surface area contributed by atoms with Gasteiger partial charge >= 0.3 is 0 Å². The Labute approximate surface area is 112 Å². The summed E-state index contributed by atoms with van der Waals surface area (Å²) in [6.45, 7) is 6.52. The van der Waals surface area contributed by atoms with E-state index in [1.54, 1.807) is 11.3 Å². The zero-order valence-electron chi connectivity index (χ0n) is 10.6. The van der Waals surface area contributed by atoms with Crippen molar-refractivity contribution >= 4 is 28.7 Å². The Morgan fingerprint density at radius 2 is 2.06 bits per heavy atom. The monoisotopic (exact) mass is 270 g/mol. The van der Waals surface area contributed by atoms with Gasteiger partial charge in [-0.1, -0.05) is 32.4 Å². The zero-order valence-corrected chi connectivity index (χ0v) is 12.2. The maximum atomic E-state index is 12.2. The summed E-state index contributed by atoms with van der Waals surface area (Å²) in [4.78, 5) is 13.4. The summed E-state index contributed by atoms with van der Waals surface area (Å²) in [6.07, 6.45) is 2.93. The highest BCUT2D eigenvalue weighted by Crippen LogP contribution is 2.43. The van der Waals surface area contributed by atoms with Gasteiger partial charge in [-0.15, -0.1) is 11.3 Å². The van der Waals surface area contributed by atoms with Gasteiger partial charge in [-0.3, -0.25) is 4.79 Å². The molecule has 0 bridgehead atoms. The van der Waals surface area contributed by atoms with Gasteiger partial charge in [-0.2, -0.15) is 0 Å². The molecule has 94 valence electrons. The predicted octanol–water partition coefficient (Wildman–Crippen LogP) is 4.68. The van der Waals surface area contributed by atoms with Crippen LogP contribution in [-0.2, 0) is 10.2 Å². The van der Waals surface area contributed by atoms with Crippen LogP contribution in [0.15, 0.2) is 12.1 Å². The Balaban J connectivity index is 2.23. The Kier molecular flexibility index (Phi) is 3.65. The maximum Gasteiger partial charge on any atom is 0.137 e. The smallest absolute Gasteiger partial charge is 0.137 e. The van der Waals surface area contributed by atoms with Gasteiger partial charge in [0.1, 0.15) is 5.78 Å². The van der Waals surface area contributed by atoms with E-state index in [0.29, 0.717) is 11.7 Å². The Bertz CT molecular complexity index is 422. The fourth-order valence-electron chi connectivity index (χ4n) is 2.80. The Morgan fingerprint density at radius 3 is 2.59 bits per heavy atom. The average molecular weight is 271 g/mol. The van der Waals surface area contributed by atoms with Crippen LogP contribution < -0.4 is 0 Å². The summed E-state index contributed by atoms with van der Waals surface area (Å²) in [7, 11) is 0. The van der Waals surface area contributed by atoms with Crippen molar-refractivity contribution in [2.75, 3.05) is 0 Å².